The van der Waals surface area contributed by atoms with E-state index >= 15 is 0 Å². The van der Waals surface area contributed by atoms with Gasteiger partial charge in [0.1, 0.15) is 17.9 Å². The first-order valence-electron chi connectivity index (χ1n) is 7.90. The van der Waals surface area contributed by atoms with Gasteiger partial charge in [0.05, 0.1) is 0 Å². The minimum atomic E-state index is -0.505. The molecule has 0 saturated carbocycles. The van der Waals surface area contributed by atoms with Crippen LogP contribution in [0.2, 0.25) is 0 Å². The molecule has 5 heteroatoms. The van der Waals surface area contributed by atoms with Gasteiger partial charge >= 0.3 is 11.6 Å². The zero-order chi connectivity index (χ0) is 17.8. The molecule has 25 heavy (non-hydrogen) atoms. The average molecular weight is 338 g/mol. The van der Waals surface area contributed by atoms with Crippen molar-refractivity contribution in [3.8, 4) is 5.75 Å². The quantitative estimate of drug-likeness (QED) is 0.526. The lowest BCUT2D eigenvalue weighted by Gasteiger charge is -2.09. The molecule has 1 aromatic heterocycles. The summed E-state index contributed by atoms with van der Waals surface area (Å²) >= 11 is 0. The van der Waals surface area contributed by atoms with Crippen LogP contribution in [-0.2, 0) is 16.1 Å². The minimum absolute atomic E-state index is 0.0127. The number of esters is 1. The summed E-state index contributed by atoms with van der Waals surface area (Å²) in [5, 5.41) is 0.748. The zero-order valence-corrected chi connectivity index (χ0v) is 14.1. The summed E-state index contributed by atoms with van der Waals surface area (Å²) in [6.45, 7) is 3.65. The molecule has 0 saturated heterocycles. The number of ether oxygens (including phenoxy) is 2. The summed E-state index contributed by atoms with van der Waals surface area (Å²) in [7, 11) is 0. The van der Waals surface area contributed by atoms with Crippen LogP contribution in [0.4, 0.5) is 0 Å². The van der Waals surface area contributed by atoms with E-state index in [-0.39, 0.29) is 13.2 Å². The fourth-order valence-electron chi connectivity index (χ4n) is 2.50. The van der Waals surface area contributed by atoms with E-state index in [1.54, 1.807) is 12.1 Å². The Labute approximate surface area is 144 Å². The molecule has 0 bridgehead atoms. The van der Waals surface area contributed by atoms with Gasteiger partial charge in [0, 0.05) is 17.0 Å². The summed E-state index contributed by atoms with van der Waals surface area (Å²) in [6, 6.07) is 14.3. The smallest absolute Gasteiger partial charge is 0.344 e. The van der Waals surface area contributed by atoms with E-state index < -0.39 is 11.6 Å². The highest BCUT2D eigenvalue weighted by atomic mass is 16.6. The first kappa shape index (κ1) is 16.8. The lowest BCUT2D eigenvalue weighted by Crippen LogP contribution is -2.15. The highest BCUT2D eigenvalue weighted by Crippen LogP contribution is 2.19. The van der Waals surface area contributed by atoms with Crippen molar-refractivity contribution >= 4 is 16.9 Å². The number of aryl methyl sites for hydroxylation is 2. The maximum atomic E-state index is 11.9. The fourth-order valence-corrected chi connectivity index (χ4v) is 2.50. The second-order valence-electron chi connectivity index (χ2n) is 5.86. The number of hydrogen-bond acceptors (Lipinski definition) is 5. The van der Waals surface area contributed by atoms with Gasteiger partial charge in [-0.15, -0.1) is 0 Å². The molecule has 0 N–H and O–H groups in total. The molecule has 0 spiro atoms. The van der Waals surface area contributed by atoms with Crippen molar-refractivity contribution in [3.05, 3.63) is 75.6 Å². The van der Waals surface area contributed by atoms with Gasteiger partial charge < -0.3 is 13.9 Å². The van der Waals surface area contributed by atoms with E-state index in [1.165, 1.54) is 6.07 Å². The van der Waals surface area contributed by atoms with Crippen molar-refractivity contribution in [2.45, 2.75) is 20.5 Å². The second kappa shape index (κ2) is 7.21. The summed E-state index contributed by atoms with van der Waals surface area (Å²) in [4.78, 5) is 23.6. The Morgan fingerprint density at radius 1 is 1.04 bits per heavy atom. The number of rotatable bonds is 5. The Morgan fingerprint density at radius 3 is 2.64 bits per heavy atom. The molecular formula is C20H18O5. The van der Waals surface area contributed by atoms with E-state index in [9.17, 15) is 9.59 Å². The molecule has 0 fully saturated rings. The Hall–Kier alpha value is -3.08. The van der Waals surface area contributed by atoms with Crippen LogP contribution in [-0.4, -0.2) is 12.6 Å². The summed E-state index contributed by atoms with van der Waals surface area (Å²) in [6.07, 6.45) is 0. The second-order valence-corrected chi connectivity index (χ2v) is 5.86. The van der Waals surface area contributed by atoms with Crippen molar-refractivity contribution in [3.63, 3.8) is 0 Å². The van der Waals surface area contributed by atoms with Crippen LogP contribution in [0.25, 0.3) is 11.0 Å². The zero-order valence-electron chi connectivity index (χ0n) is 14.1. The molecule has 1 heterocycles. The molecule has 0 aliphatic carbocycles. The first-order chi connectivity index (χ1) is 12.0. The minimum Gasteiger partial charge on any atom is -0.482 e. The average Bonchev–Trinajstić information content (AvgIpc) is 2.57. The molecule has 3 rings (SSSR count). The molecule has 5 nitrogen and oxygen atoms in total. The van der Waals surface area contributed by atoms with Gasteiger partial charge in [0.15, 0.2) is 6.61 Å². The predicted octanol–water partition coefficient (Wildman–Crippen LogP) is 3.53. The van der Waals surface area contributed by atoms with Crippen LogP contribution in [0, 0.1) is 13.8 Å². The van der Waals surface area contributed by atoms with Crippen LogP contribution >= 0.6 is 0 Å². The van der Waals surface area contributed by atoms with E-state index in [0.717, 1.165) is 16.5 Å². The van der Waals surface area contributed by atoms with E-state index in [2.05, 4.69) is 0 Å². The molecule has 0 amide bonds. The van der Waals surface area contributed by atoms with Crippen molar-refractivity contribution in [2.75, 3.05) is 6.61 Å². The number of benzene rings is 2. The summed E-state index contributed by atoms with van der Waals surface area (Å²) in [5.74, 6) is 0.105. The van der Waals surface area contributed by atoms with Crippen LogP contribution in [0.5, 0.6) is 5.75 Å². The van der Waals surface area contributed by atoms with E-state index in [1.807, 2.05) is 44.2 Å². The normalized spacial score (nSPS) is 10.6. The standard InChI is InChI=1S/C20H18O5/c1-13-4-3-5-16(8-13)23-12-20(22)24-11-15-10-19(21)25-18-9-14(2)6-7-17(15)18/h3-10H,11-12H2,1-2H3. The van der Waals surface area contributed by atoms with Gasteiger partial charge in [0.2, 0.25) is 0 Å². The fraction of sp³-hybridized carbons (Fsp3) is 0.200. The molecule has 128 valence electrons. The molecule has 0 radical (unpaired) electrons. The van der Waals surface area contributed by atoms with Gasteiger partial charge in [0.25, 0.3) is 0 Å². The van der Waals surface area contributed by atoms with Gasteiger partial charge in [-0.2, -0.15) is 0 Å². The van der Waals surface area contributed by atoms with Gasteiger partial charge in [-0.25, -0.2) is 9.59 Å². The Morgan fingerprint density at radius 2 is 1.84 bits per heavy atom. The van der Waals surface area contributed by atoms with Crippen molar-refractivity contribution < 1.29 is 18.7 Å². The number of hydrogen-bond donors (Lipinski definition) is 0. The molecular weight excluding hydrogens is 320 g/mol. The summed E-state index contributed by atoms with van der Waals surface area (Å²) < 4.78 is 15.8. The molecule has 0 atom stereocenters. The third-order valence-corrected chi connectivity index (χ3v) is 3.72. The molecule has 0 unspecified atom stereocenters. The maximum absolute atomic E-state index is 11.9. The third-order valence-electron chi connectivity index (χ3n) is 3.72. The number of carbonyl (C=O) groups is 1. The van der Waals surface area contributed by atoms with Gasteiger partial charge in [-0.1, -0.05) is 24.3 Å². The van der Waals surface area contributed by atoms with Crippen molar-refractivity contribution in [1.29, 1.82) is 0 Å². The van der Waals surface area contributed by atoms with Gasteiger partial charge in [-0.05, 0) is 43.2 Å². The van der Waals surface area contributed by atoms with Crippen LogP contribution in [0.15, 0.2) is 57.7 Å². The Bertz CT molecular complexity index is 971. The largest absolute Gasteiger partial charge is 0.482 e. The molecule has 2 aromatic carbocycles. The molecule has 0 aliphatic rings. The maximum Gasteiger partial charge on any atom is 0.344 e. The molecule has 3 aromatic rings. The lowest BCUT2D eigenvalue weighted by atomic mass is 10.1. The number of carbonyl (C=O) groups excluding carboxylic acids is 1. The monoisotopic (exact) mass is 338 g/mol. The topological polar surface area (TPSA) is 65.7 Å². The predicted molar refractivity (Wildman–Crippen MR) is 93.7 cm³/mol. The van der Waals surface area contributed by atoms with Crippen LogP contribution < -0.4 is 10.4 Å². The van der Waals surface area contributed by atoms with E-state index in [4.69, 9.17) is 13.9 Å². The highest BCUT2D eigenvalue weighted by Gasteiger charge is 2.10. The summed E-state index contributed by atoms with van der Waals surface area (Å²) in [5.41, 5.74) is 2.64. The Kier molecular flexibility index (Phi) is 4.84. The van der Waals surface area contributed by atoms with Crippen LogP contribution in [0.3, 0.4) is 0 Å². The van der Waals surface area contributed by atoms with Crippen molar-refractivity contribution in [1.82, 2.24) is 0 Å². The van der Waals surface area contributed by atoms with E-state index in [0.29, 0.717) is 16.9 Å². The molecule has 0 aliphatic heterocycles. The lowest BCUT2D eigenvalue weighted by molar-refractivity contribution is -0.147. The first-order valence-corrected chi connectivity index (χ1v) is 7.90. The Balaban J connectivity index is 1.66. The van der Waals surface area contributed by atoms with Crippen LogP contribution in [0.1, 0.15) is 16.7 Å². The van der Waals surface area contributed by atoms with Crippen molar-refractivity contribution in [2.24, 2.45) is 0 Å². The van der Waals surface area contributed by atoms with Gasteiger partial charge in [-0.3, -0.25) is 0 Å². The highest BCUT2D eigenvalue weighted by molar-refractivity contribution is 5.81. The number of fused-ring (bicyclic) bond motifs is 1. The SMILES string of the molecule is Cc1cccc(OCC(=O)OCc2cc(=O)oc3cc(C)ccc23)c1. The third kappa shape index (κ3) is 4.26.